The molecule has 1 fully saturated rings. The molecule has 0 saturated heterocycles. The minimum Gasteiger partial charge on any atom is -0.481 e. The zero-order valence-corrected chi connectivity index (χ0v) is 11.4. The predicted octanol–water partition coefficient (Wildman–Crippen LogP) is 0.977. The minimum atomic E-state index is -0.758. The molecule has 104 valence electrons. The molecule has 5 nitrogen and oxygen atoms in total. The van der Waals surface area contributed by atoms with Crippen molar-refractivity contribution in [3.05, 3.63) is 0 Å². The van der Waals surface area contributed by atoms with E-state index in [4.69, 9.17) is 10.8 Å². The van der Waals surface area contributed by atoms with Crippen LogP contribution in [0.2, 0.25) is 0 Å². The largest absolute Gasteiger partial charge is 0.481 e. The Bertz CT molecular complexity index is 323. The van der Waals surface area contributed by atoms with Crippen LogP contribution in [0.25, 0.3) is 0 Å². The van der Waals surface area contributed by atoms with Gasteiger partial charge >= 0.3 is 5.97 Å². The summed E-state index contributed by atoms with van der Waals surface area (Å²) < 4.78 is 0. The number of carboxylic acid groups (broad SMARTS) is 1. The van der Waals surface area contributed by atoms with Crippen molar-refractivity contribution in [1.29, 1.82) is 0 Å². The van der Waals surface area contributed by atoms with Gasteiger partial charge in [-0.15, -0.1) is 0 Å². The maximum absolute atomic E-state index is 11.8. The standard InChI is InChI=1S/C13H24N2O3/c1-13(2,3)10(14)11(16)15-7-8-5-4-6-9(8)12(17)18/h8-10H,4-7,14H2,1-3H3,(H,15,16)(H,17,18)/t8?,9?,10-/m1/s1. The zero-order valence-electron chi connectivity index (χ0n) is 11.4. The van der Waals surface area contributed by atoms with Gasteiger partial charge in [-0.25, -0.2) is 0 Å². The molecule has 0 heterocycles. The topological polar surface area (TPSA) is 92.4 Å². The van der Waals surface area contributed by atoms with Crippen LogP contribution in [0.15, 0.2) is 0 Å². The third-order valence-corrected chi connectivity index (χ3v) is 3.73. The van der Waals surface area contributed by atoms with Crippen molar-refractivity contribution >= 4 is 11.9 Å². The third-order valence-electron chi connectivity index (χ3n) is 3.73. The van der Waals surface area contributed by atoms with Crippen LogP contribution in [-0.4, -0.2) is 29.6 Å². The number of rotatable bonds is 4. The molecule has 1 aliphatic rings. The summed E-state index contributed by atoms with van der Waals surface area (Å²) in [5.74, 6) is -1.24. The molecule has 1 rings (SSSR count). The van der Waals surface area contributed by atoms with Gasteiger partial charge in [0.15, 0.2) is 0 Å². The van der Waals surface area contributed by atoms with Crippen LogP contribution < -0.4 is 11.1 Å². The second-order valence-electron chi connectivity index (χ2n) is 6.22. The molecule has 4 N–H and O–H groups in total. The molecule has 1 amide bonds. The van der Waals surface area contributed by atoms with Crippen LogP contribution in [0.1, 0.15) is 40.0 Å². The number of carbonyl (C=O) groups excluding carboxylic acids is 1. The summed E-state index contributed by atoms with van der Waals surface area (Å²) in [6.07, 6.45) is 2.49. The molecule has 0 aromatic rings. The number of nitrogens with one attached hydrogen (secondary N) is 1. The van der Waals surface area contributed by atoms with E-state index < -0.39 is 12.0 Å². The van der Waals surface area contributed by atoms with E-state index in [-0.39, 0.29) is 23.2 Å². The van der Waals surface area contributed by atoms with Crippen molar-refractivity contribution in [2.45, 2.75) is 46.1 Å². The van der Waals surface area contributed by atoms with Gasteiger partial charge in [0.2, 0.25) is 5.91 Å². The van der Waals surface area contributed by atoms with E-state index in [1.54, 1.807) is 0 Å². The van der Waals surface area contributed by atoms with Crippen LogP contribution in [0, 0.1) is 17.3 Å². The second-order valence-corrected chi connectivity index (χ2v) is 6.22. The van der Waals surface area contributed by atoms with Gasteiger partial charge < -0.3 is 16.2 Å². The summed E-state index contributed by atoms with van der Waals surface area (Å²) in [5.41, 5.74) is 5.56. The molecule has 0 bridgehead atoms. The lowest BCUT2D eigenvalue weighted by molar-refractivity contribution is -0.143. The Hall–Kier alpha value is -1.10. The third kappa shape index (κ3) is 3.70. The van der Waals surface area contributed by atoms with Crippen LogP contribution in [0.4, 0.5) is 0 Å². The SMILES string of the molecule is CC(C)(C)[C@H](N)C(=O)NCC1CCCC1C(=O)O. The molecule has 1 aliphatic carbocycles. The van der Waals surface area contributed by atoms with Crippen molar-refractivity contribution in [3.63, 3.8) is 0 Å². The summed E-state index contributed by atoms with van der Waals surface area (Å²) in [6, 6.07) is -0.567. The number of carboxylic acids is 1. The van der Waals surface area contributed by atoms with Crippen LogP contribution in [0.3, 0.4) is 0 Å². The van der Waals surface area contributed by atoms with E-state index >= 15 is 0 Å². The highest BCUT2D eigenvalue weighted by molar-refractivity contribution is 5.82. The van der Waals surface area contributed by atoms with E-state index in [0.29, 0.717) is 13.0 Å². The van der Waals surface area contributed by atoms with Gasteiger partial charge in [-0.1, -0.05) is 27.2 Å². The smallest absolute Gasteiger partial charge is 0.306 e. The minimum absolute atomic E-state index is 0.0404. The summed E-state index contributed by atoms with van der Waals surface area (Å²) in [6.45, 7) is 6.15. The maximum Gasteiger partial charge on any atom is 0.306 e. The van der Waals surface area contributed by atoms with E-state index in [2.05, 4.69) is 5.32 Å². The fourth-order valence-corrected chi connectivity index (χ4v) is 2.34. The van der Waals surface area contributed by atoms with E-state index in [1.165, 1.54) is 0 Å². The summed E-state index contributed by atoms with van der Waals surface area (Å²) in [4.78, 5) is 22.9. The Balaban J connectivity index is 2.46. The van der Waals surface area contributed by atoms with Crippen molar-refractivity contribution in [3.8, 4) is 0 Å². The zero-order chi connectivity index (χ0) is 13.9. The Morgan fingerprint density at radius 1 is 1.39 bits per heavy atom. The summed E-state index contributed by atoms with van der Waals surface area (Å²) in [7, 11) is 0. The fourth-order valence-electron chi connectivity index (χ4n) is 2.34. The quantitative estimate of drug-likeness (QED) is 0.699. The van der Waals surface area contributed by atoms with Gasteiger partial charge in [0.05, 0.1) is 12.0 Å². The first kappa shape index (κ1) is 15.0. The van der Waals surface area contributed by atoms with Crippen LogP contribution in [0.5, 0.6) is 0 Å². The molecule has 0 aliphatic heterocycles. The van der Waals surface area contributed by atoms with E-state index in [0.717, 1.165) is 12.8 Å². The summed E-state index contributed by atoms with van der Waals surface area (Å²) in [5, 5.41) is 11.8. The molecule has 5 heteroatoms. The van der Waals surface area contributed by atoms with Gasteiger partial charge in [-0.2, -0.15) is 0 Å². The molecule has 1 saturated carbocycles. The van der Waals surface area contributed by atoms with Gasteiger partial charge in [0, 0.05) is 6.54 Å². The van der Waals surface area contributed by atoms with E-state index in [9.17, 15) is 9.59 Å². The highest BCUT2D eigenvalue weighted by Crippen LogP contribution is 2.31. The lowest BCUT2D eigenvalue weighted by atomic mass is 9.86. The number of hydrogen-bond acceptors (Lipinski definition) is 3. The highest BCUT2D eigenvalue weighted by atomic mass is 16.4. The van der Waals surface area contributed by atoms with Gasteiger partial charge in [0.1, 0.15) is 0 Å². The molecule has 2 unspecified atom stereocenters. The van der Waals surface area contributed by atoms with Crippen LogP contribution >= 0.6 is 0 Å². The second kappa shape index (κ2) is 5.69. The molecular formula is C13H24N2O3. The number of carbonyl (C=O) groups is 2. The predicted molar refractivity (Wildman–Crippen MR) is 68.9 cm³/mol. The Morgan fingerprint density at radius 2 is 2.00 bits per heavy atom. The number of hydrogen-bond donors (Lipinski definition) is 3. The molecule has 0 aromatic heterocycles. The maximum atomic E-state index is 11.8. The van der Waals surface area contributed by atoms with Gasteiger partial charge in [-0.3, -0.25) is 9.59 Å². The molecule has 3 atom stereocenters. The first-order valence-corrected chi connectivity index (χ1v) is 6.49. The molecule has 0 spiro atoms. The number of nitrogens with two attached hydrogens (primary N) is 1. The number of amides is 1. The average Bonchev–Trinajstić information content (AvgIpc) is 2.71. The molecule has 0 aromatic carbocycles. The number of aliphatic carboxylic acids is 1. The first-order valence-electron chi connectivity index (χ1n) is 6.49. The first-order chi connectivity index (χ1) is 8.23. The Labute approximate surface area is 108 Å². The fraction of sp³-hybridized carbons (Fsp3) is 0.846. The van der Waals surface area contributed by atoms with Crippen molar-refractivity contribution in [1.82, 2.24) is 5.32 Å². The lowest BCUT2D eigenvalue weighted by Gasteiger charge is -2.26. The normalized spacial score (nSPS) is 25.8. The Morgan fingerprint density at radius 3 is 2.50 bits per heavy atom. The molecular weight excluding hydrogens is 232 g/mol. The molecule has 18 heavy (non-hydrogen) atoms. The average molecular weight is 256 g/mol. The monoisotopic (exact) mass is 256 g/mol. The highest BCUT2D eigenvalue weighted by Gasteiger charge is 2.34. The van der Waals surface area contributed by atoms with E-state index in [1.807, 2.05) is 20.8 Å². The van der Waals surface area contributed by atoms with Crippen molar-refractivity contribution in [2.24, 2.45) is 23.0 Å². The van der Waals surface area contributed by atoms with Crippen LogP contribution in [-0.2, 0) is 9.59 Å². The van der Waals surface area contributed by atoms with Gasteiger partial charge in [-0.05, 0) is 24.2 Å². The molecule has 0 radical (unpaired) electrons. The van der Waals surface area contributed by atoms with Crippen molar-refractivity contribution in [2.75, 3.05) is 6.54 Å². The van der Waals surface area contributed by atoms with Crippen molar-refractivity contribution < 1.29 is 14.7 Å². The lowest BCUT2D eigenvalue weighted by Crippen LogP contribution is -2.49. The van der Waals surface area contributed by atoms with Gasteiger partial charge in [0.25, 0.3) is 0 Å². The summed E-state index contributed by atoms with van der Waals surface area (Å²) >= 11 is 0. The Kier molecular flexibility index (Phi) is 4.73.